The van der Waals surface area contributed by atoms with Crippen molar-refractivity contribution < 1.29 is 12.8 Å². The van der Waals surface area contributed by atoms with Crippen molar-refractivity contribution in [1.29, 1.82) is 0 Å². The lowest BCUT2D eigenvalue weighted by atomic mass is 9.97. The Labute approximate surface area is 93.5 Å². The molecule has 1 aromatic rings. The normalized spacial score (nSPS) is 15.9. The summed E-state index contributed by atoms with van der Waals surface area (Å²) in [6.45, 7) is 1.64. The maximum absolute atomic E-state index is 13.5. The minimum atomic E-state index is -3.78. The lowest BCUT2D eigenvalue weighted by Crippen LogP contribution is -2.19. The van der Waals surface area contributed by atoms with E-state index in [1.54, 1.807) is 31.2 Å². The van der Waals surface area contributed by atoms with Gasteiger partial charge in [-0.25, -0.2) is 12.8 Å². The largest absolute Gasteiger partial charge is 0.246 e. The van der Waals surface area contributed by atoms with Crippen LogP contribution in [-0.4, -0.2) is 20.3 Å². The molecule has 0 radical (unpaired) electrons. The number of halogens is 2. The van der Waals surface area contributed by atoms with E-state index in [-0.39, 0.29) is 0 Å². The Morgan fingerprint density at radius 2 is 1.87 bits per heavy atom. The number of alkyl halides is 1. The van der Waals surface area contributed by atoms with E-state index in [9.17, 15) is 12.8 Å². The molecular formula is C10H12ClFO2S. The summed E-state index contributed by atoms with van der Waals surface area (Å²) in [5.41, 5.74) is 0.769. The van der Waals surface area contributed by atoms with Gasteiger partial charge < -0.3 is 0 Å². The lowest BCUT2D eigenvalue weighted by Gasteiger charge is -2.15. The van der Waals surface area contributed by atoms with Gasteiger partial charge in [-0.2, -0.15) is 0 Å². The quantitative estimate of drug-likeness (QED) is 0.770. The zero-order valence-electron chi connectivity index (χ0n) is 8.23. The molecular weight excluding hydrogens is 239 g/mol. The molecule has 0 amide bonds. The Hall–Kier alpha value is -0.610. The summed E-state index contributed by atoms with van der Waals surface area (Å²) in [4.78, 5) is 0. The van der Waals surface area contributed by atoms with Gasteiger partial charge >= 0.3 is 0 Å². The number of hydrogen-bond acceptors (Lipinski definition) is 2. The third-order valence-electron chi connectivity index (χ3n) is 2.23. The summed E-state index contributed by atoms with van der Waals surface area (Å²) < 4.78 is 34.9. The van der Waals surface area contributed by atoms with Gasteiger partial charge in [0, 0.05) is 16.6 Å². The van der Waals surface area contributed by atoms with Crippen molar-refractivity contribution in [3.8, 4) is 0 Å². The van der Waals surface area contributed by atoms with Gasteiger partial charge in [-0.05, 0) is 5.56 Å². The fraction of sp³-hybridized carbons (Fsp3) is 0.400. The van der Waals surface area contributed by atoms with Crippen molar-refractivity contribution in [2.45, 2.75) is 19.0 Å². The average Bonchev–Trinajstić information content (AvgIpc) is 2.15. The lowest BCUT2D eigenvalue weighted by molar-refractivity contribution is 0.319. The summed E-state index contributed by atoms with van der Waals surface area (Å²) >= 11 is 0. The first-order valence-corrected chi connectivity index (χ1v) is 6.99. The minimum Gasteiger partial charge on any atom is -0.246 e. The predicted octanol–water partition coefficient (Wildman–Crippen LogP) is 2.70. The van der Waals surface area contributed by atoms with Crippen LogP contribution in [0.4, 0.5) is 4.39 Å². The predicted molar refractivity (Wildman–Crippen MR) is 59.4 cm³/mol. The Kier molecular flexibility index (Phi) is 4.11. The van der Waals surface area contributed by atoms with E-state index in [1.807, 2.05) is 6.07 Å². The van der Waals surface area contributed by atoms with Crippen LogP contribution >= 0.6 is 10.7 Å². The van der Waals surface area contributed by atoms with Crippen LogP contribution in [0, 0.1) is 0 Å². The molecule has 0 saturated heterocycles. The fourth-order valence-corrected chi connectivity index (χ4v) is 2.33. The van der Waals surface area contributed by atoms with E-state index < -0.39 is 26.9 Å². The average molecular weight is 251 g/mol. The van der Waals surface area contributed by atoms with Crippen LogP contribution < -0.4 is 0 Å². The topological polar surface area (TPSA) is 34.1 Å². The SMILES string of the molecule is CC(c1ccccc1)C(F)CS(=O)(=O)Cl. The van der Waals surface area contributed by atoms with E-state index >= 15 is 0 Å². The Bertz CT molecular complexity index is 405. The molecule has 0 aliphatic heterocycles. The van der Waals surface area contributed by atoms with Gasteiger partial charge in [-0.1, -0.05) is 37.3 Å². The van der Waals surface area contributed by atoms with Crippen molar-refractivity contribution in [3.05, 3.63) is 35.9 Å². The van der Waals surface area contributed by atoms with Crippen molar-refractivity contribution in [2.24, 2.45) is 0 Å². The molecule has 15 heavy (non-hydrogen) atoms. The van der Waals surface area contributed by atoms with E-state index in [1.165, 1.54) is 0 Å². The second kappa shape index (κ2) is 4.94. The number of rotatable bonds is 4. The maximum atomic E-state index is 13.5. The van der Waals surface area contributed by atoms with Crippen LogP contribution in [0.1, 0.15) is 18.4 Å². The molecule has 2 unspecified atom stereocenters. The molecule has 2 atom stereocenters. The smallest absolute Gasteiger partial charge is 0.235 e. The highest BCUT2D eigenvalue weighted by Crippen LogP contribution is 2.23. The highest BCUT2D eigenvalue weighted by Gasteiger charge is 2.23. The molecule has 0 N–H and O–H groups in total. The molecule has 0 aliphatic rings. The molecule has 84 valence electrons. The van der Waals surface area contributed by atoms with Gasteiger partial charge in [0.1, 0.15) is 6.17 Å². The highest BCUT2D eigenvalue weighted by atomic mass is 35.7. The second-order valence-corrected chi connectivity index (χ2v) is 6.24. The van der Waals surface area contributed by atoms with Crippen LogP contribution in [0.5, 0.6) is 0 Å². The third-order valence-corrected chi connectivity index (χ3v) is 3.32. The van der Waals surface area contributed by atoms with Crippen LogP contribution in [0.15, 0.2) is 30.3 Å². The summed E-state index contributed by atoms with van der Waals surface area (Å²) in [7, 11) is 1.21. The maximum Gasteiger partial charge on any atom is 0.235 e. The van der Waals surface area contributed by atoms with Gasteiger partial charge in [-0.15, -0.1) is 0 Å². The summed E-state index contributed by atoms with van der Waals surface area (Å²) in [5, 5.41) is 0. The Morgan fingerprint density at radius 3 is 2.33 bits per heavy atom. The van der Waals surface area contributed by atoms with Crippen LogP contribution in [0.25, 0.3) is 0 Å². The van der Waals surface area contributed by atoms with Gasteiger partial charge in [0.05, 0.1) is 5.75 Å². The van der Waals surface area contributed by atoms with Crippen LogP contribution in [0.2, 0.25) is 0 Å². The monoisotopic (exact) mass is 250 g/mol. The van der Waals surface area contributed by atoms with Crippen LogP contribution in [0.3, 0.4) is 0 Å². The van der Waals surface area contributed by atoms with Gasteiger partial charge in [0.2, 0.25) is 9.05 Å². The van der Waals surface area contributed by atoms with Crippen LogP contribution in [-0.2, 0) is 9.05 Å². The van der Waals surface area contributed by atoms with Crippen molar-refractivity contribution in [3.63, 3.8) is 0 Å². The molecule has 1 rings (SSSR count). The van der Waals surface area contributed by atoms with E-state index in [0.29, 0.717) is 0 Å². The molecule has 5 heteroatoms. The highest BCUT2D eigenvalue weighted by molar-refractivity contribution is 8.13. The number of hydrogen-bond donors (Lipinski definition) is 0. The van der Waals surface area contributed by atoms with E-state index in [2.05, 4.69) is 0 Å². The summed E-state index contributed by atoms with van der Waals surface area (Å²) in [5.74, 6) is -1.12. The molecule has 0 saturated carbocycles. The van der Waals surface area contributed by atoms with Crippen molar-refractivity contribution in [1.82, 2.24) is 0 Å². The van der Waals surface area contributed by atoms with Crippen molar-refractivity contribution in [2.75, 3.05) is 5.75 Å². The Balaban J connectivity index is 2.73. The Morgan fingerprint density at radius 1 is 1.33 bits per heavy atom. The summed E-state index contributed by atoms with van der Waals surface area (Å²) in [6, 6.07) is 8.92. The first-order valence-electron chi connectivity index (χ1n) is 4.51. The molecule has 0 aromatic heterocycles. The van der Waals surface area contributed by atoms with Crippen molar-refractivity contribution >= 4 is 19.7 Å². The molecule has 1 aromatic carbocycles. The molecule has 0 bridgehead atoms. The van der Waals surface area contributed by atoms with E-state index in [4.69, 9.17) is 10.7 Å². The first-order chi connectivity index (χ1) is 6.90. The van der Waals surface area contributed by atoms with E-state index in [0.717, 1.165) is 5.56 Å². The third kappa shape index (κ3) is 4.18. The molecule has 0 aliphatic carbocycles. The molecule has 2 nitrogen and oxygen atoms in total. The second-order valence-electron chi connectivity index (χ2n) is 3.42. The van der Waals surface area contributed by atoms with Gasteiger partial charge in [0.25, 0.3) is 0 Å². The zero-order valence-corrected chi connectivity index (χ0v) is 9.80. The van der Waals surface area contributed by atoms with Gasteiger partial charge in [-0.3, -0.25) is 0 Å². The fourth-order valence-electron chi connectivity index (χ4n) is 1.30. The molecule has 0 heterocycles. The standard InChI is InChI=1S/C10H12ClFO2S/c1-8(9-5-3-2-4-6-9)10(12)7-15(11,13)14/h2-6,8,10H,7H2,1H3. The number of benzene rings is 1. The summed E-state index contributed by atoms with van der Waals surface area (Å²) in [6.07, 6.45) is -1.48. The first kappa shape index (κ1) is 12.5. The molecule has 0 fully saturated rings. The molecule has 0 spiro atoms. The van der Waals surface area contributed by atoms with Gasteiger partial charge in [0.15, 0.2) is 0 Å². The zero-order chi connectivity index (χ0) is 11.5. The minimum absolute atomic E-state index is 0.472.